The van der Waals surface area contributed by atoms with Crippen LogP contribution in [0.25, 0.3) is 11.1 Å². The minimum absolute atomic E-state index is 0.171. The predicted molar refractivity (Wildman–Crippen MR) is 112 cm³/mol. The Morgan fingerprint density at radius 3 is 2.50 bits per heavy atom. The number of carbonyl (C=O) groups is 3. The minimum atomic E-state index is -1.06. The number of aliphatic carboxylic acids is 1. The summed E-state index contributed by atoms with van der Waals surface area (Å²) in [7, 11) is 1.24. The molecule has 0 radical (unpaired) electrons. The maximum Gasteiger partial charge on any atom is 0.341 e. The highest BCUT2D eigenvalue weighted by atomic mass is 35.5. The molecule has 1 amide bonds. The number of benzene rings is 1. The molecular weight excluding hydrogens is 453 g/mol. The van der Waals surface area contributed by atoms with Crippen LogP contribution in [0.5, 0.6) is 0 Å². The molecular formula is C20H17Cl2NO6S. The predicted octanol–water partition coefficient (Wildman–Crippen LogP) is 4.33. The summed E-state index contributed by atoms with van der Waals surface area (Å²) < 4.78 is 10.6. The number of thiophene rings is 1. The molecule has 30 heavy (non-hydrogen) atoms. The van der Waals surface area contributed by atoms with Gasteiger partial charge in [-0.3, -0.25) is 9.59 Å². The van der Waals surface area contributed by atoms with Crippen molar-refractivity contribution in [2.45, 2.75) is 25.0 Å². The zero-order valence-electron chi connectivity index (χ0n) is 15.7. The lowest BCUT2D eigenvalue weighted by Gasteiger charge is -2.23. The van der Waals surface area contributed by atoms with Gasteiger partial charge in [0.1, 0.15) is 10.6 Å². The van der Waals surface area contributed by atoms with E-state index in [4.69, 9.17) is 32.7 Å². The maximum atomic E-state index is 13.0. The van der Waals surface area contributed by atoms with E-state index >= 15 is 0 Å². The number of carbonyl (C=O) groups excluding carboxylic acids is 2. The van der Waals surface area contributed by atoms with E-state index in [-0.39, 0.29) is 10.6 Å². The number of ether oxygens (including phenoxy) is 2. The molecule has 2 N–H and O–H groups in total. The average molecular weight is 470 g/mol. The van der Waals surface area contributed by atoms with Crippen LogP contribution in [0.2, 0.25) is 10.0 Å². The van der Waals surface area contributed by atoms with E-state index in [9.17, 15) is 19.5 Å². The third-order valence-corrected chi connectivity index (χ3v) is 7.14. The van der Waals surface area contributed by atoms with Gasteiger partial charge in [0.2, 0.25) is 5.91 Å². The van der Waals surface area contributed by atoms with Gasteiger partial charge in [-0.1, -0.05) is 29.3 Å². The van der Waals surface area contributed by atoms with E-state index in [0.29, 0.717) is 34.0 Å². The second-order valence-electron chi connectivity index (χ2n) is 7.14. The fourth-order valence-electron chi connectivity index (χ4n) is 4.15. The van der Waals surface area contributed by atoms with Crippen LogP contribution < -0.4 is 5.32 Å². The Bertz CT molecular complexity index is 1040. The summed E-state index contributed by atoms with van der Waals surface area (Å²) in [6.07, 6.45) is 0.361. The highest BCUT2D eigenvalue weighted by molar-refractivity contribution is 7.15. The average Bonchev–Trinajstić information content (AvgIpc) is 3.43. The number of esters is 1. The molecule has 4 rings (SSSR count). The summed E-state index contributed by atoms with van der Waals surface area (Å²) in [5.74, 6) is -3.89. The summed E-state index contributed by atoms with van der Waals surface area (Å²) in [6.45, 7) is 0. The number of hydrogen-bond acceptors (Lipinski definition) is 6. The summed E-state index contributed by atoms with van der Waals surface area (Å²) >= 11 is 13.2. The number of nitrogens with one attached hydrogen (secondary N) is 1. The fourth-order valence-corrected chi connectivity index (χ4v) is 5.41. The fraction of sp³-hybridized carbons (Fsp3) is 0.350. The molecule has 10 heteroatoms. The van der Waals surface area contributed by atoms with E-state index < -0.39 is 41.9 Å². The number of hydrogen-bond donors (Lipinski definition) is 2. The highest BCUT2D eigenvalue weighted by Gasteiger charge is 2.55. The number of carboxylic acids is 1. The molecule has 0 spiro atoms. The van der Waals surface area contributed by atoms with Gasteiger partial charge in [-0.15, -0.1) is 11.3 Å². The van der Waals surface area contributed by atoms with Crippen LogP contribution in [0.4, 0.5) is 5.00 Å². The lowest BCUT2D eigenvalue weighted by atomic mass is 9.79. The molecule has 0 aliphatic carbocycles. The maximum absolute atomic E-state index is 13.0. The third-order valence-electron chi connectivity index (χ3n) is 5.51. The van der Waals surface area contributed by atoms with Gasteiger partial charge in [0.05, 0.1) is 41.2 Å². The summed E-state index contributed by atoms with van der Waals surface area (Å²) in [5.41, 5.74) is 1.33. The Morgan fingerprint density at radius 1 is 1.17 bits per heavy atom. The summed E-state index contributed by atoms with van der Waals surface area (Å²) in [4.78, 5) is 37.2. The van der Waals surface area contributed by atoms with Crippen molar-refractivity contribution in [1.82, 2.24) is 0 Å². The van der Waals surface area contributed by atoms with Gasteiger partial charge in [-0.05, 0) is 30.5 Å². The van der Waals surface area contributed by atoms with Gasteiger partial charge < -0.3 is 19.9 Å². The van der Waals surface area contributed by atoms with Gasteiger partial charge >= 0.3 is 11.9 Å². The first kappa shape index (κ1) is 21.1. The zero-order chi connectivity index (χ0) is 21.6. The van der Waals surface area contributed by atoms with Gasteiger partial charge in [-0.2, -0.15) is 0 Å². The largest absolute Gasteiger partial charge is 0.481 e. The van der Waals surface area contributed by atoms with Crippen molar-refractivity contribution >= 4 is 57.4 Å². The van der Waals surface area contributed by atoms with Crippen LogP contribution in [-0.4, -0.2) is 42.3 Å². The van der Waals surface area contributed by atoms with Crippen molar-refractivity contribution in [1.29, 1.82) is 0 Å². The van der Waals surface area contributed by atoms with Gasteiger partial charge in [-0.25, -0.2) is 4.79 Å². The molecule has 2 aliphatic rings. The topological polar surface area (TPSA) is 102 Å². The van der Waals surface area contributed by atoms with Crippen LogP contribution in [0.15, 0.2) is 23.6 Å². The third kappa shape index (κ3) is 3.58. The number of carboxylic acid groups (broad SMARTS) is 1. The Hall–Kier alpha value is -2.13. The van der Waals surface area contributed by atoms with Crippen LogP contribution in [0.3, 0.4) is 0 Å². The molecule has 2 saturated heterocycles. The van der Waals surface area contributed by atoms with Crippen molar-refractivity contribution < 1.29 is 29.0 Å². The molecule has 1 aromatic carbocycles. The van der Waals surface area contributed by atoms with Crippen LogP contribution in [0.1, 0.15) is 23.2 Å². The number of halogens is 2. The first-order valence-corrected chi connectivity index (χ1v) is 10.8. The van der Waals surface area contributed by atoms with Crippen LogP contribution >= 0.6 is 34.5 Å². The number of amides is 1. The van der Waals surface area contributed by atoms with Gasteiger partial charge in [0.15, 0.2) is 0 Å². The Kier molecular flexibility index (Phi) is 5.76. The van der Waals surface area contributed by atoms with Gasteiger partial charge in [0.25, 0.3) is 0 Å². The summed E-state index contributed by atoms with van der Waals surface area (Å²) in [5, 5.41) is 15.0. The zero-order valence-corrected chi connectivity index (χ0v) is 18.0. The van der Waals surface area contributed by atoms with Crippen molar-refractivity contribution in [3.8, 4) is 11.1 Å². The van der Waals surface area contributed by atoms with E-state index in [1.54, 1.807) is 23.6 Å². The first-order valence-electron chi connectivity index (χ1n) is 9.16. The monoisotopic (exact) mass is 469 g/mol. The van der Waals surface area contributed by atoms with Crippen molar-refractivity contribution in [3.63, 3.8) is 0 Å². The number of rotatable bonds is 5. The normalized spacial score (nSPS) is 24.6. The molecule has 158 valence electrons. The molecule has 2 bridgehead atoms. The first-order chi connectivity index (χ1) is 14.3. The quantitative estimate of drug-likeness (QED) is 0.631. The van der Waals surface area contributed by atoms with Crippen molar-refractivity contribution in [2.24, 2.45) is 11.8 Å². The minimum Gasteiger partial charge on any atom is -0.481 e. The molecule has 1 aromatic heterocycles. The Morgan fingerprint density at radius 2 is 1.87 bits per heavy atom. The SMILES string of the molecule is COC(=O)c1c(-c2ccc(Cl)c(Cl)c2)csc1NC(=O)[C@@H]1[C@@H](C(=O)O)[C@H]2CC[C@H]1O2. The Labute approximate surface area is 185 Å². The van der Waals surface area contributed by atoms with Crippen molar-refractivity contribution in [2.75, 3.05) is 12.4 Å². The molecule has 2 fully saturated rings. The van der Waals surface area contributed by atoms with E-state index in [1.807, 2.05) is 0 Å². The Balaban J connectivity index is 1.67. The molecule has 0 unspecified atom stereocenters. The van der Waals surface area contributed by atoms with E-state index in [1.165, 1.54) is 7.11 Å². The van der Waals surface area contributed by atoms with Crippen LogP contribution in [-0.2, 0) is 19.1 Å². The van der Waals surface area contributed by atoms with Crippen molar-refractivity contribution in [3.05, 3.63) is 39.2 Å². The standard InChI is InChI=1S/C20H17Cl2NO6S/c1-28-20(27)14-9(8-2-3-10(21)11(22)6-8)7-30-18(14)23-17(24)15-12-4-5-13(29-12)16(15)19(25)26/h2-3,6-7,12-13,15-16H,4-5H2,1H3,(H,23,24)(H,25,26)/t12-,13-,15+,16+/m1/s1. The number of anilines is 1. The molecule has 7 nitrogen and oxygen atoms in total. The molecule has 4 atom stereocenters. The molecule has 2 aromatic rings. The van der Waals surface area contributed by atoms with Crippen LogP contribution in [0, 0.1) is 11.8 Å². The summed E-state index contributed by atoms with van der Waals surface area (Å²) in [6, 6.07) is 4.94. The van der Waals surface area contributed by atoms with Gasteiger partial charge in [0, 0.05) is 10.9 Å². The number of fused-ring (bicyclic) bond motifs is 2. The van der Waals surface area contributed by atoms with E-state index in [0.717, 1.165) is 11.3 Å². The lowest BCUT2D eigenvalue weighted by molar-refractivity contribution is -0.147. The number of methoxy groups -OCH3 is 1. The highest BCUT2D eigenvalue weighted by Crippen LogP contribution is 2.45. The smallest absolute Gasteiger partial charge is 0.341 e. The second kappa shape index (κ2) is 8.19. The molecule has 2 aliphatic heterocycles. The van der Waals surface area contributed by atoms with E-state index in [2.05, 4.69) is 5.32 Å². The molecule has 0 saturated carbocycles. The lowest BCUT2D eigenvalue weighted by Crippen LogP contribution is -2.41. The second-order valence-corrected chi connectivity index (χ2v) is 8.84. The molecule has 3 heterocycles.